The van der Waals surface area contributed by atoms with E-state index in [1.165, 1.54) is 0 Å². The maximum Gasteiger partial charge on any atom is 0.269 e. The predicted molar refractivity (Wildman–Crippen MR) is 87.7 cm³/mol. The second-order valence-electron chi connectivity index (χ2n) is 5.39. The van der Waals surface area contributed by atoms with E-state index in [9.17, 15) is 4.79 Å². The molecule has 2 aromatic rings. The molecule has 0 fully saturated rings. The molecule has 0 bridgehead atoms. The highest BCUT2D eigenvalue weighted by Crippen LogP contribution is 2.20. The molecule has 0 unspecified atom stereocenters. The second kappa shape index (κ2) is 7.45. The van der Waals surface area contributed by atoms with Gasteiger partial charge < -0.3 is 15.4 Å². The number of pyridine rings is 1. The molecule has 0 aliphatic rings. The lowest BCUT2D eigenvalue weighted by Crippen LogP contribution is -2.27. The van der Waals surface area contributed by atoms with Gasteiger partial charge in [-0.1, -0.05) is 19.9 Å². The molecule has 116 valence electrons. The number of carbonyl (C=O) groups excluding carboxylic acids is 1. The van der Waals surface area contributed by atoms with Crippen molar-refractivity contribution in [1.29, 1.82) is 0 Å². The zero-order chi connectivity index (χ0) is 15.9. The first kappa shape index (κ1) is 15.8. The van der Waals surface area contributed by atoms with E-state index in [1.54, 1.807) is 19.4 Å². The van der Waals surface area contributed by atoms with Gasteiger partial charge in [0, 0.05) is 18.3 Å². The van der Waals surface area contributed by atoms with Crippen molar-refractivity contribution in [1.82, 2.24) is 10.3 Å². The van der Waals surface area contributed by atoms with Crippen LogP contribution in [0.2, 0.25) is 0 Å². The number of carbonyl (C=O) groups is 1. The molecule has 0 saturated heterocycles. The third-order valence-electron chi connectivity index (χ3n) is 3.03. The monoisotopic (exact) mass is 299 g/mol. The zero-order valence-electron chi connectivity index (χ0n) is 13.1. The summed E-state index contributed by atoms with van der Waals surface area (Å²) in [5.41, 5.74) is 2.13. The molecule has 1 heterocycles. The molecule has 22 heavy (non-hydrogen) atoms. The van der Waals surface area contributed by atoms with E-state index < -0.39 is 0 Å². The molecule has 1 amide bonds. The van der Waals surface area contributed by atoms with Gasteiger partial charge in [0.1, 0.15) is 11.4 Å². The predicted octanol–water partition coefficient (Wildman–Crippen LogP) is 3.22. The molecule has 0 atom stereocenters. The highest BCUT2D eigenvalue weighted by atomic mass is 16.5. The van der Waals surface area contributed by atoms with Crippen molar-refractivity contribution >= 4 is 17.3 Å². The number of hydrogen-bond acceptors (Lipinski definition) is 4. The quantitative estimate of drug-likeness (QED) is 0.859. The Morgan fingerprint density at radius 3 is 2.68 bits per heavy atom. The Morgan fingerprint density at radius 2 is 2.05 bits per heavy atom. The molecule has 5 nitrogen and oxygen atoms in total. The minimum Gasteiger partial charge on any atom is -0.497 e. The lowest BCUT2D eigenvalue weighted by molar-refractivity contribution is 0.0944. The van der Waals surface area contributed by atoms with E-state index in [-0.39, 0.29) is 5.91 Å². The SMILES string of the molecule is COc1cccc(Nc2ccc(C(=O)NCC(C)C)nc2)c1. The van der Waals surface area contributed by atoms with Gasteiger partial charge in [-0.25, -0.2) is 4.98 Å². The number of ether oxygens (including phenoxy) is 1. The Labute approximate surface area is 130 Å². The first-order valence-electron chi connectivity index (χ1n) is 7.24. The second-order valence-corrected chi connectivity index (χ2v) is 5.39. The minimum atomic E-state index is -0.151. The number of nitrogens with zero attached hydrogens (tertiary/aromatic N) is 1. The van der Waals surface area contributed by atoms with E-state index in [1.807, 2.05) is 30.3 Å². The summed E-state index contributed by atoms with van der Waals surface area (Å²) >= 11 is 0. The summed E-state index contributed by atoms with van der Waals surface area (Å²) in [5.74, 6) is 1.04. The molecule has 2 rings (SSSR count). The van der Waals surface area contributed by atoms with Gasteiger partial charge in [0.25, 0.3) is 5.91 Å². The molecule has 1 aromatic carbocycles. The number of benzene rings is 1. The van der Waals surface area contributed by atoms with Crippen LogP contribution in [-0.2, 0) is 0 Å². The molecule has 0 aliphatic heterocycles. The van der Waals surface area contributed by atoms with Crippen LogP contribution in [0.25, 0.3) is 0 Å². The molecular weight excluding hydrogens is 278 g/mol. The van der Waals surface area contributed by atoms with Crippen molar-refractivity contribution < 1.29 is 9.53 Å². The van der Waals surface area contributed by atoms with Crippen LogP contribution in [0.3, 0.4) is 0 Å². The number of nitrogens with one attached hydrogen (secondary N) is 2. The fourth-order valence-corrected chi connectivity index (χ4v) is 1.86. The van der Waals surface area contributed by atoms with E-state index >= 15 is 0 Å². The Balaban J connectivity index is 2.00. The Hall–Kier alpha value is -2.56. The lowest BCUT2D eigenvalue weighted by Gasteiger charge is -2.09. The van der Waals surface area contributed by atoms with Crippen LogP contribution in [-0.4, -0.2) is 24.5 Å². The number of rotatable bonds is 6. The molecule has 1 aromatic heterocycles. The topological polar surface area (TPSA) is 63.2 Å². The summed E-state index contributed by atoms with van der Waals surface area (Å²) in [6.45, 7) is 4.74. The number of amides is 1. The third-order valence-corrected chi connectivity index (χ3v) is 3.03. The van der Waals surface area contributed by atoms with Gasteiger partial charge >= 0.3 is 0 Å². The van der Waals surface area contributed by atoms with Crippen LogP contribution in [0, 0.1) is 5.92 Å². The van der Waals surface area contributed by atoms with Crippen LogP contribution in [0.4, 0.5) is 11.4 Å². The summed E-state index contributed by atoms with van der Waals surface area (Å²) in [7, 11) is 1.63. The lowest BCUT2D eigenvalue weighted by atomic mass is 10.2. The Morgan fingerprint density at radius 1 is 1.23 bits per heavy atom. The fraction of sp³-hybridized carbons (Fsp3) is 0.294. The maximum absolute atomic E-state index is 11.9. The van der Waals surface area contributed by atoms with Crippen molar-refractivity contribution in [2.75, 3.05) is 19.0 Å². The third kappa shape index (κ3) is 4.48. The summed E-state index contributed by atoms with van der Waals surface area (Å²) in [5, 5.41) is 6.07. The fourth-order valence-electron chi connectivity index (χ4n) is 1.86. The molecular formula is C17H21N3O2. The van der Waals surface area contributed by atoms with Crippen molar-refractivity contribution in [2.45, 2.75) is 13.8 Å². The Kier molecular flexibility index (Phi) is 5.36. The smallest absolute Gasteiger partial charge is 0.269 e. The summed E-state index contributed by atoms with van der Waals surface area (Å²) in [6, 6.07) is 11.2. The van der Waals surface area contributed by atoms with E-state index in [0.29, 0.717) is 18.2 Å². The maximum atomic E-state index is 11.9. The highest BCUT2D eigenvalue weighted by molar-refractivity contribution is 5.92. The molecule has 0 spiro atoms. The van der Waals surface area contributed by atoms with Crippen LogP contribution in [0.5, 0.6) is 5.75 Å². The van der Waals surface area contributed by atoms with Crippen molar-refractivity contribution in [2.24, 2.45) is 5.92 Å². The zero-order valence-corrected chi connectivity index (χ0v) is 13.1. The van der Waals surface area contributed by atoms with Gasteiger partial charge in [0.05, 0.1) is 19.0 Å². The van der Waals surface area contributed by atoms with Gasteiger partial charge in [0.2, 0.25) is 0 Å². The average molecular weight is 299 g/mol. The molecule has 0 radical (unpaired) electrons. The molecule has 2 N–H and O–H groups in total. The van der Waals surface area contributed by atoms with Gasteiger partial charge in [0.15, 0.2) is 0 Å². The van der Waals surface area contributed by atoms with Gasteiger partial charge in [-0.2, -0.15) is 0 Å². The largest absolute Gasteiger partial charge is 0.497 e. The standard InChI is InChI=1S/C17H21N3O2/c1-12(2)10-19-17(21)16-8-7-14(11-18-16)20-13-5-4-6-15(9-13)22-3/h4-9,11-12,20H,10H2,1-3H3,(H,19,21). The normalized spacial score (nSPS) is 10.4. The van der Waals surface area contributed by atoms with E-state index in [0.717, 1.165) is 17.1 Å². The van der Waals surface area contributed by atoms with Crippen molar-refractivity contribution in [3.05, 3.63) is 48.3 Å². The average Bonchev–Trinajstić information content (AvgIpc) is 2.53. The number of anilines is 2. The number of hydrogen-bond donors (Lipinski definition) is 2. The van der Waals surface area contributed by atoms with Crippen LogP contribution in [0.15, 0.2) is 42.6 Å². The van der Waals surface area contributed by atoms with Crippen LogP contribution < -0.4 is 15.4 Å². The summed E-state index contributed by atoms with van der Waals surface area (Å²) < 4.78 is 5.18. The van der Waals surface area contributed by atoms with Crippen molar-refractivity contribution in [3.8, 4) is 5.75 Å². The van der Waals surface area contributed by atoms with E-state index in [4.69, 9.17) is 4.74 Å². The van der Waals surface area contributed by atoms with Gasteiger partial charge in [-0.05, 0) is 30.2 Å². The first-order valence-corrected chi connectivity index (χ1v) is 7.24. The summed E-state index contributed by atoms with van der Waals surface area (Å²) in [4.78, 5) is 16.1. The van der Waals surface area contributed by atoms with Crippen LogP contribution in [0.1, 0.15) is 24.3 Å². The molecule has 0 aliphatic carbocycles. The molecule has 0 saturated carbocycles. The minimum absolute atomic E-state index is 0.151. The number of methoxy groups -OCH3 is 1. The first-order chi connectivity index (χ1) is 10.6. The van der Waals surface area contributed by atoms with Crippen LogP contribution >= 0.6 is 0 Å². The van der Waals surface area contributed by atoms with Gasteiger partial charge in [-0.3, -0.25) is 4.79 Å². The highest BCUT2D eigenvalue weighted by Gasteiger charge is 2.07. The van der Waals surface area contributed by atoms with Crippen molar-refractivity contribution in [3.63, 3.8) is 0 Å². The summed E-state index contributed by atoms with van der Waals surface area (Å²) in [6.07, 6.45) is 1.64. The van der Waals surface area contributed by atoms with Gasteiger partial charge in [-0.15, -0.1) is 0 Å². The number of aromatic nitrogens is 1. The Bertz CT molecular complexity index is 624. The van der Waals surface area contributed by atoms with E-state index in [2.05, 4.69) is 29.5 Å². The molecule has 5 heteroatoms.